The second-order valence-electron chi connectivity index (χ2n) is 9.23. The second-order valence-corrected chi connectivity index (χ2v) is 9.23. The third-order valence-electron chi connectivity index (χ3n) is 7.44. The van der Waals surface area contributed by atoms with Crippen molar-refractivity contribution in [3.63, 3.8) is 0 Å². The first-order chi connectivity index (χ1) is 15.1. The number of amides is 1. The van der Waals surface area contributed by atoms with Crippen LogP contribution in [-0.4, -0.2) is 39.3 Å². The predicted molar refractivity (Wildman–Crippen MR) is 102 cm³/mol. The van der Waals surface area contributed by atoms with Crippen LogP contribution in [0.15, 0.2) is 30.5 Å². The number of nitrogens with one attached hydrogen (secondary N) is 1. The first-order valence-corrected chi connectivity index (χ1v) is 10.5. The number of alkyl halides is 3. The molecule has 2 saturated heterocycles. The molecular weight excluding hydrogens is 430 g/mol. The smallest absolute Gasteiger partial charge is 0.390 e. The Morgan fingerprint density at radius 3 is 2.72 bits per heavy atom. The SMILES string of the molecule is O=C(Nc1cc(C(F)(F)F)cc(C2CC2)n1)[C@]12C[C@@]1(c1ccnc(F)c1)[C@H]1O[C@@H]2C[C@@H]1O. The number of nitrogens with zero attached hydrogens (tertiary/aromatic N) is 2. The van der Waals surface area contributed by atoms with Crippen molar-refractivity contribution in [2.24, 2.45) is 5.41 Å². The zero-order valence-corrected chi connectivity index (χ0v) is 16.7. The summed E-state index contributed by atoms with van der Waals surface area (Å²) < 4.78 is 60.0. The lowest BCUT2D eigenvalue weighted by molar-refractivity contribution is -0.137. The van der Waals surface area contributed by atoms with Crippen molar-refractivity contribution in [2.75, 3.05) is 5.32 Å². The molecule has 0 radical (unpaired) electrons. The number of carbonyl (C=O) groups is 1. The molecule has 2 aliphatic heterocycles. The van der Waals surface area contributed by atoms with E-state index in [-0.39, 0.29) is 18.2 Å². The standard InChI is InChI=1S/C22H19F4N3O3/c23-16-6-11(3-4-27-16)20-9-21(20,15-8-14(30)18(20)32-15)19(31)29-17-7-12(22(24,25)26)5-13(28-17)10-1-2-10/h3-7,10,14-15,18,30H,1-2,8-9H2,(H,28,29,31)/t14-,15+,18-,20+,21+/m0/s1. The van der Waals surface area contributed by atoms with Crippen LogP contribution in [0.4, 0.5) is 23.4 Å². The number of rotatable bonds is 4. The van der Waals surface area contributed by atoms with E-state index in [0.29, 0.717) is 17.7 Å². The lowest BCUT2D eigenvalue weighted by Gasteiger charge is -2.29. The minimum absolute atomic E-state index is 0.0353. The fourth-order valence-electron chi connectivity index (χ4n) is 5.81. The molecular formula is C22H19F4N3O3. The predicted octanol–water partition coefficient (Wildman–Crippen LogP) is 3.31. The molecule has 6 rings (SSSR count). The van der Waals surface area contributed by atoms with Crippen LogP contribution in [0.3, 0.4) is 0 Å². The molecule has 2 aromatic rings. The highest BCUT2D eigenvalue weighted by Gasteiger charge is 2.87. The Hall–Kier alpha value is -2.59. The Kier molecular flexibility index (Phi) is 3.92. The van der Waals surface area contributed by atoms with Crippen molar-refractivity contribution in [3.05, 3.63) is 53.2 Å². The van der Waals surface area contributed by atoms with Gasteiger partial charge in [0.2, 0.25) is 11.9 Å². The summed E-state index contributed by atoms with van der Waals surface area (Å²) >= 11 is 0. The van der Waals surface area contributed by atoms with Crippen LogP contribution >= 0.6 is 0 Å². The molecule has 2 saturated carbocycles. The van der Waals surface area contributed by atoms with Crippen LogP contribution in [0.25, 0.3) is 0 Å². The second kappa shape index (κ2) is 6.26. The van der Waals surface area contributed by atoms with E-state index in [2.05, 4.69) is 15.3 Å². The Bertz CT molecular complexity index is 1140. The quantitative estimate of drug-likeness (QED) is 0.553. The number of anilines is 1. The van der Waals surface area contributed by atoms with Gasteiger partial charge in [-0.25, -0.2) is 9.97 Å². The number of ether oxygens (including phenoxy) is 1. The summed E-state index contributed by atoms with van der Waals surface area (Å²) in [5.74, 6) is -1.44. The van der Waals surface area contributed by atoms with Gasteiger partial charge in [0.15, 0.2) is 0 Å². The number of hydrogen-bond donors (Lipinski definition) is 2. The number of carbonyl (C=O) groups excluding carboxylic acids is 1. The average molecular weight is 449 g/mol. The summed E-state index contributed by atoms with van der Waals surface area (Å²) in [6.45, 7) is 0. The van der Waals surface area contributed by atoms with Crippen LogP contribution in [0, 0.1) is 11.4 Å². The first-order valence-electron chi connectivity index (χ1n) is 10.5. The number of pyridine rings is 2. The van der Waals surface area contributed by atoms with Gasteiger partial charge < -0.3 is 15.2 Å². The maximum absolute atomic E-state index is 13.9. The van der Waals surface area contributed by atoms with Crippen LogP contribution in [0.5, 0.6) is 0 Å². The monoisotopic (exact) mass is 449 g/mol. The van der Waals surface area contributed by atoms with Gasteiger partial charge in [-0.2, -0.15) is 17.6 Å². The molecule has 6 nitrogen and oxygen atoms in total. The summed E-state index contributed by atoms with van der Waals surface area (Å²) in [5, 5.41) is 13.0. The van der Waals surface area contributed by atoms with Crippen LogP contribution < -0.4 is 5.32 Å². The number of fused-ring (bicyclic) bond motifs is 5. The van der Waals surface area contributed by atoms with Crippen molar-refractivity contribution < 1.29 is 32.2 Å². The van der Waals surface area contributed by atoms with E-state index in [1.54, 1.807) is 6.07 Å². The summed E-state index contributed by atoms with van der Waals surface area (Å²) in [4.78, 5) is 21.3. The summed E-state index contributed by atoms with van der Waals surface area (Å²) in [5.41, 5.74) is -2.13. The molecule has 10 heteroatoms. The maximum atomic E-state index is 13.9. The van der Waals surface area contributed by atoms with E-state index >= 15 is 0 Å². The fraction of sp³-hybridized carbons (Fsp3) is 0.500. The van der Waals surface area contributed by atoms with E-state index < -0.39 is 52.7 Å². The van der Waals surface area contributed by atoms with Gasteiger partial charge in [0.1, 0.15) is 5.82 Å². The molecule has 2 N–H and O–H groups in total. The van der Waals surface area contributed by atoms with Gasteiger partial charge in [-0.3, -0.25) is 4.79 Å². The minimum atomic E-state index is -4.57. The summed E-state index contributed by atoms with van der Waals surface area (Å²) in [6.07, 6.45) is -3.35. The number of aromatic nitrogens is 2. The molecule has 0 spiro atoms. The molecule has 2 aliphatic carbocycles. The van der Waals surface area contributed by atoms with Gasteiger partial charge in [0.05, 0.1) is 29.3 Å². The molecule has 168 valence electrons. The van der Waals surface area contributed by atoms with Gasteiger partial charge >= 0.3 is 6.18 Å². The molecule has 2 bridgehead atoms. The molecule has 5 atom stereocenters. The van der Waals surface area contributed by atoms with Crippen molar-refractivity contribution >= 4 is 11.7 Å². The average Bonchev–Trinajstić information content (AvgIpc) is 3.64. The van der Waals surface area contributed by atoms with E-state index in [9.17, 15) is 27.5 Å². The zero-order chi connectivity index (χ0) is 22.5. The normalized spacial score (nSPS) is 35.0. The van der Waals surface area contributed by atoms with E-state index in [4.69, 9.17) is 4.74 Å². The van der Waals surface area contributed by atoms with Crippen molar-refractivity contribution in [1.82, 2.24) is 9.97 Å². The molecule has 0 unspecified atom stereocenters. The highest BCUT2D eigenvalue weighted by molar-refractivity contribution is 6.00. The number of halogens is 4. The third-order valence-corrected chi connectivity index (χ3v) is 7.44. The minimum Gasteiger partial charge on any atom is -0.390 e. The first kappa shape index (κ1) is 20.0. The van der Waals surface area contributed by atoms with Crippen LogP contribution in [-0.2, 0) is 21.1 Å². The largest absolute Gasteiger partial charge is 0.416 e. The molecule has 1 amide bonds. The maximum Gasteiger partial charge on any atom is 0.416 e. The number of hydrogen-bond acceptors (Lipinski definition) is 5. The lowest BCUT2D eigenvalue weighted by atomic mass is 9.74. The van der Waals surface area contributed by atoms with E-state index in [1.807, 2.05) is 0 Å². The van der Waals surface area contributed by atoms with Gasteiger partial charge in [-0.15, -0.1) is 0 Å². The molecule has 4 aliphatic rings. The molecule has 4 heterocycles. The lowest BCUT2D eigenvalue weighted by Crippen LogP contribution is -2.44. The molecule has 32 heavy (non-hydrogen) atoms. The van der Waals surface area contributed by atoms with Crippen molar-refractivity contribution in [1.29, 1.82) is 0 Å². The molecule has 0 aromatic carbocycles. The number of aliphatic hydroxyl groups is 1. The van der Waals surface area contributed by atoms with E-state index in [1.165, 1.54) is 12.3 Å². The Morgan fingerprint density at radius 1 is 1.25 bits per heavy atom. The van der Waals surface area contributed by atoms with Crippen LogP contribution in [0.1, 0.15) is 48.4 Å². The Balaban J connectivity index is 1.37. The van der Waals surface area contributed by atoms with Crippen molar-refractivity contribution in [2.45, 2.75) is 61.5 Å². The van der Waals surface area contributed by atoms with Gasteiger partial charge in [-0.1, -0.05) is 0 Å². The molecule has 2 aromatic heterocycles. The molecule has 4 fully saturated rings. The fourth-order valence-corrected chi connectivity index (χ4v) is 5.81. The van der Waals surface area contributed by atoms with Gasteiger partial charge in [0, 0.05) is 29.6 Å². The zero-order valence-electron chi connectivity index (χ0n) is 16.7. The summed E-state index contributed by atoms with van der Waals surface area (Å²) in [7, 11) is 0. The number of aliphatic hydroxyl groups excluding tert-OH is 1. The van der Waals surface area contributed by atoms with Crippen LogP contribution in [0.2, 0.25) is 0 Å². The highest BCUT2D eigenvalue weighted by Crippen LogP contribution is 2.77. The Labute approximate surface area is 180 Å². The summed E-state index contributed by atoms with van der Waals surface area (Å²) in [6, 6.07) is 4.67. The Morgan fingerprint density at radius 2 is 2.03 bits per heavy atom. The third kappa shape index (κ3) is 2.62. The van der Waals surface area contributed by atoms with Gasteiger partial charge in [0.25, 0.3) is 0 Å². The topological polar surface area (TPSA) is 84.3 Å². The highest BCUT2D eigenvalue weighted by atomic mass is 19.4. The van der Waals surface area contributed by atoms with Crippen molar-refractivity contribution in [3.8, 4) is 0 Å². The van der Waals surface area contributed by atoms with Gasteiger partial charge in [-0.05, 0) is 49.1 Å². The van der Waals surface area contributed by atoms with E-state index in [0.717, 1.165) is 25.0 Å².